The smallest absolute Gasteiger partial charge is 0.221 e. The summed E-state index contributed by atoms with van der Waals surface area (Å²) in [6, 6.07) is 0. The second-order valence-corrected chi connectivity index (χ2v) is 4.37. The van der Waals surface area contributed by atoms with Gasteiger partial charge in [0.25, 0.3) is 0 Å². The lowest BCUT2D eigenvalue weighted by molar-refractivity contribution is -0.121. The zero-order chi connectivity index (χ0) is 13.3. The molecule has 6 nitrogen and oxygen atoms in total. The van der Waals surface area contributed by atoms with Gasteiger partial charge in [-0.05, 0) is 19.5 Å². The van der Waals surface area contributed by atoms with Gasteiger partial charge in [-0.2, -0.15) is 0 Å². The monoisotopic (exact) mass is 244 g/mol. The summed E-state index contributed by atoms with van der Waals surface area (Å²) in [5.74, 6) is -0.854. The van der Waals surface area contributed by atoms with Gasteiger partial charge in [0.15, 0.2) is 0 Å². The van der Waals surface area contributed by atoms with Crippen LogP contribution in [0.4, 0.5) is 0 Å². The summed E-state index contributed by atoms with van der Waals surface area (Å²) in [5.41, 5.74) is 10.2. The Labute approximate surface area is 102 Å². The fourth-order valence-electron chi connectivity index (χ4n) is 1.18. The molecule has 100 valence electrons. The third-order valence-corrected chi connectivity index (χ3v) is 2.58. The van der Waals surface area contributed by atoms with Crippen molar-refractivity contribution in [3.05, 3.63) is 0 Å². The van der Waals surface area contributed by atoms with Crippen molar-refractivity contribution in [3.8, 4) is 0 Å². The number of hydrogen-bond donors (Lipinski definition) is 4. The van der Waals surface area contributed by atoms with Crippen LogP contribution in [-0.4, -0.2) is 38.0 Å². The molecule has 6 N–H and O–H groups in total. The molecule has 0 saturated carbocycles. The van der Waals surface area contributed by atoms with Crippen molar-refractivity contribution in [1.82, 2.24) is 10.6 Å². The number of amides is 2. The normalized spacial score (nSPS) is 14.2. The van der Waals surface area contributed by atoms with Crippen LogP contribution in [0.5, 0.6) is 0 Å². The van der Waals surface area contributed by atoms with Crippen LogP contribution in [0.1, 0.15) is 20.3 Å². The van der Waals surface area contributed by atoms with E-state index in [0.717, 1.165) is 19.5 Å². The third-order valence-electron chi connectivity index (χ3n) is 2.58. The Hall–Kier alpha value is -1.14. The zero-order valence-electron chi connectivity index (χ0n) is 10.7. The average Bonchev–Trinajstić information content (AvgIpc) is 2.26. The number of hydrogen-bond acceptors (Lipinski definition) is 4. The summed E-state index contributed by atoms with van der Waals surface area (Å²) in [6.07, 6.45) is 0.928. The van der Waals surface area contributed by atoms with Crippen molar-refractivity contribution in [1.29, 1.82) is 0 Å². The molecule has 0 spiro atoms. The van der Waals surface area contributed by atoms with Gasteiger partial charge < -0.3 is 22.1 Å². The van der Waals surface area contributed by atoms with Gasteiger partial charge in [0.05, 0.1) is 0 Å². The Kier molecular flexibility index (Phi) is 8.35. The molecular weight excluding hydrogens is 220 g/mol. The predicted molar refractivity (Wildman–Crippen MR) is 67.1 cm³/mol. The van der Waals surface area contributed by atoms with E-state index in [9.17, 15) is 9.59 Å². The SMILES string of the molecule is CC(CNCCCNCC(C)C(N)=O)C(N)=O. The average molecular weight is 244 g/mol. The quantitative estimate of drug-likeness (QED) is 0.362. The van der Waals surface area contributed by atoms with Crippen LogP contribution in [0.3, 0.4) is 0 Å². The Morgan fingerprint density at radius 1 is 0.941 bits per heavy atom. The molecule has 0 rings (SSSR count). The molecule has 2 atom stereocenters. The largest absolute Gasteiger partial charge is 0.369 e. The lowest BCUT2D eigenvalue weighted by atomic mass is 10.1. The van der Waals surface area contributed by atoms with E-state index >= 15 is 0 Å². The predicted octanol–water partition coefficient (Wildman–Crippen LogP) is -1.20. The van der Waals surface area contributed by atoms with Crippen molar-refractivity contribution in [3.63, 3.8) is 0 Å². The number of nitrogens with one attached hydrogen (secondary N) is 2. The van der Waals surface area contributed by atoms with Crippen LogP contribution in [0.2, 0.25) is 0 Å². The first kappa shape index (κ1) is 15.9. The Balaban J connectivity index is 3.30. The standard InChI is InChI=1S/C11H24N4O2/c1-8(10(12)16)6-14-4-3-5-15-7-9(2)11(13)17/h8-9,14-15H,3-7H2,1-2H3,(H2,12,16)(H2,13,17). The molecule has 2 unspecified atom stereocenters. The highest BCUT2D eigenvalue weighted by atomic mass is 16.1. The minimum Gasteiger partial charge on any atom is -0.369 e. The fourth-order valence-corrected chi connectivity index (χ4v) is 1.18. The summed E-state index contributed by atoms with van der Waals surface area (Å²) >= 11 is 0. The van der Waals surface area contributed by atoms with E-state index in [1.165, 1.54) is 0 Å². The Morgan fingerprint density at radius 2 is 1.29 bits per heavy atom. The van der Waals surface area contributed by atoms with Crippen molar-refractivity contribution in [2.24, 2.45) is 23.3 Å². The van der Waals surface area contributed by atoms with E-state index in [1.807, 2.05) is 0 Å². The van der Waals surface area contributed by atoms with E-state index in [2.05, 4.69) is 10.6 Å². The van der Waals surface area contributed by atoms with Crippen LogP contribution in [0.15, 0.2) is 0 Å². The van der Waals surface area contributed by atoms with E-state index in [1.54, 1.807) is 13.8 Å². The molecule has 0 radical (unpaired) electrons. The summed E-state index contributed by atoms with van der Waals surface area (Å²) in [7, 11) is 0. The van der Waals surface area contributed by atoms with Gasteiger partial charge in [-0.15, -0.1) is 0 Å². The zero-order valence-corrected chi connectivity index (χ0v) is 10.7. The summed E-state index contributed by atoms with van der Waals surface area (Å²) in [4.78, 5) is 21.5. The summed E-state index contributed by atoms with van der Waals surface area (Å²) in [6.45, 7) is 6.43. The first-order valence-electron chi connectivity index (χ1n) is 5.95. The number of rotatable bonds is 10. The highest BCUT2D eigenvalue weighted by molar-refractivity contribution is 5.76. The second-order valence-electron chi connectivity index (χ2n) is 4.37. The Bertz CT molecular complexity index is 222. The first-order chi connectivity index (χ1) is 7.95. The van der Waals surface area contributed by atoms with Crippen LogP contribution in [0, 0.1) is 11.8 Å². The van der Waals surface area contributed by atoms with Gasteiger partial charge in [-0.25, -0.2) is 0 Å². The lowest BCUT2D eigenvalue weighted by Gasteiger charge is -2.10. The maximum Gasteiger partial charge on any atom is 0.221 e. The molecule has 0 saturated heterocycles. The van der Waals surface area contributed by atoms with Crippen LogP contribution < -0.4 is 22.1 Å². The van der Waals surface area contributed by atoms with E-state index in [4.69, 9.17) is 11.5 Å². The van der Waals surface area contributed by atoms with Gasteiger partial charge in [-0.3, -0.25) is 9.59 Å². The fraction of sp³-hybridized carbons (Fsp3) is 0.818. The molecule has 0 aromatic rings. The van der Waals surface area contributed by atoms with Gasteiger partial charge >= 0.3 is 0 Å². The minimum atomic E-state index is -0.286. The minimum absolute atomic E-state index is 0.141. The molecule has 0 heterocycles. The maximum absolute atomic E-state index is 10.7. The topological polar surface area (TPSA) is 110 Å². The van der Waals surface area contributed by atoms with Gasteiger partial charge in [0.2, 0.25) is 11.8 Å². The van der Waals surface area contributed by atoms with Gasteiger partial charge in [-0.1, -0.05) is 13.8 Å². The molecule has 0 bridgehead atoms. The third kappa shape index (κ3) is 8.65. The summed E-state index contributed by atoms with van der Waals surface area (Å²) < 4.78 is 0. The van der Waals surface area contributed by atoms with Crippen LogP contribution in [0.25, 0.3) is 0 Å². The summed E-state index contributed by atoms with van der Waals surface area (Å²) in [5, 5.41) is 6.29. The highest BCUT2D eigenvalue weighted by Crippen LogP contribution is 1.90. The van der Waals surface area contributed by atoms with Crippen molar-refractivity contribution in [2.45, 2.75) is 20.3 Å². The van der Waals surface area contributed by atoms with Crippen LogP contribution >= 0.6 is 0 Å². The number of carbonyl (C=O) groups excluding carboxylic acids is 2. The maximum atomic E-state index is 10.7. The Morgan fingerprint density at radius 3 is 1.59 bits per heavy atom. The van der Waals surface area contributed by atoms with Gasteiger partial charge in [0.1, 0.15) is 0 Å². The van der Waals surface area contributed by atoms with Crippen molar-refractivity contribution in [2.75, 3.05) is 26.2 Å². The number of carbonyl (C=O) groups is 2. The molecule has 17 heavy (non-hydrogen) atoms. The molecule has 0 aliphatic carbocycles. The molecular formula is C11H24N4O2. The molecule has 0 aliphatic heterocycles. The highest BCUT2D eigenvalue weighted by Gasteiger charge is 2.08. The first-order valence-corrected chi connectivity index (χ1v) is 5.95. The van der Waals surface area contributed by atoms with Gasteiger partial charge in [0, 0.05) is 24.9 Å². The van der Waals surface area contributed by atoms with E-state index in [0.29, 0.717) is 13.1 Å². The van der Waals surface area contributed by atoms with Crippen molar-refractivity contribution >= 4 is 11.8 Å². The van der Waals surface area contributed by atoms with Crippen molar-refractivity contribution < 1.29 is 9.59 Å². The lowest BCUT2D eigenvalue weighted by Crippen LogP contribution is -2.34. The number of primary amides is 2. The second kappa shape index (κ2) is 8.95. The number of nitrogens with two attached hydrogens (primary N) is 2. The van der Waals surface area contributed by atoms with Crippen LogP contribution in [-0.2, 0) is 9.59 Å². The van der Waals surface area contributed by atoms with E-state index < -0.39 is 0 Å². The molecule has 0 aromatic heterocycles. The molecule has 0 aromatic carbocycles. The van der Waals surface area contributed by atoms with E-state index in [-0.39, 0.29) is 23.7 Å². The molecule has 2 amide bonds. The molecule has 6 heteroatoms. The molecule has 0 fully saturated rings. The molecule has 0 aliphatic rings.